The van der Waals surface area contributed by atoms with E-state index in [4.69, 9.17) is 40.2 Å². The Balaban J connectivity index is 1.81. The molecule has 0 bridgehead atoms. The van der Waals surface area contributed by atoms with Gasteiger partial charge in [-0.3, -0.25) is 9.78 Å². The van der Waals surface area contributed by atoms with Crippen molar-refractivity contribution in [1.82, 2.24) is 14.8 Å². The van der Waals surface area contributed by atoms with E-state index in [-0.39, 0.29) is 5.41 Å². The van der Waals surface area contributed by atoms with E-state index in [9.17, 15) is 0 Å². The minimum atomic E-state index is 0.195. The molecule has 0 aliphatic rings. The molecule has 1 unspecified atom stereocenters. The molecule has 0 saturated heterocycles. The summed E-state index contributed by atoms with van der Waals surface area (Å²) in [5.41, 5.74) is 0.195. The van der Waals surface area contributed by atoms with E-state index in [2.05, 4.69) is 30.9 Å². The van der Waals surface area contributed by atoms with Gasteiger partial charge in [-0.15, -0.1) is 0 Å². The summed E-state index contributed by atoms with van der Waals surface area (Å²) in [6.45, 7) is 8.29. The van der Waals surface area contributed by atoms with Crippen molar-refractivity contribution in [2.24, 2.45) is 11.3 Å². The van der Waals surface area contributed by atoms with Crippen LogP contribution in [0.5, 0.6) is 5.75 Å². The molecule has 0 saturated carbocycles. The molecule has 0 amide bonds. The minimum Gasteiger partial charge on any atom is -0.492 e. The van der Waals surface area contributed by atoms with Crippen molar-refractivity contribution >= 4 is 35.4 Å². The first-order valence-corrected chi connectivity index (χ1v) is 9.62. The molecule has 0 spiro atoms. The second-order valence-corrected chi connectivity index (χ2v) is 8.47. The molecule has 138 valence electrons. The number of halogens is 2. The summed E-state index contributed by atoms with van der Waals surface area (Å²) in [6, 6.07) is 5.29. The Hall–Kier alpha value is -1.04. The van der Waals surface area contributed by atoms with Crippen LogP contribution in [0.2, 0.25) is 10.0 Å². The van der Waals surface area contributed by atoms with E-state index < -0.39 is 0 Å². The quantitative estimate of drug-likeness (QED) is 0.425. The molecule has 0 aliphatic carbocycles. The summed E-state index contributed by atoms with van der Waals surface area (Å²) in [6.07, 6.45) is 4.79. The summed E-state index contributed by atoms with van der Waals surface area (Å²) in [5, 5.41) is 4.26. The molecule has 7 heteroatoms. The fourth-order valence-electron chi connectivity index (χ4n) is 2.70. The lowest BCUT2D eigenvalue weighted by Crippen LogP contribution is -2.26. The van der Waals surface area contributed by atoms with Gasteiger partial charge in [0, 0.05) is 11.6 Å². The molecule has 2 rings (SSSR count). The highest BCUT2D eigenvalue weighted by atomic mass is 35.5. The van der Waals surface area contributed by atoms with Crippen LogP contribution in [0.4, 0.5) is 0 Å². The maximum absolute atomic E-state index is 6.12. The van der Waals surface area contributed by atoms with Gasteiger partial charge >= 0.3 is 0 Å². The largest absolute Gasteiger partial charge is 0.492 e. The molecule has 1 N–H and O–H groups in total. The Morgan fingerprint density at radius 1 is 1.28 bits per heavy atom. The first-order valence-electron chi connectivity index (χ1n) is 8.45. The summed E-state index contributed by atoms with van der Waals surface area (Å²) in [4.78, 5) is 4.09. The standard InChI is InChI=1S/C18H25Cl2N3OS/c1-18(2,3)13(11-23-17(25)21-12-22-23)6-4-5-9-24-16-8-7-14(19)10-15(16)20/h7-8,10,12-13H,4-6,9,11H2,1-3H3,(H,21,22,25). The highest BCUT2D eigenvalue weighted by Crippen LogP contribution is 2.32. The van der Waals surface area contributed by atoms with Gasteiger partial charge in [0.2, 0.25) is 4.77 Å². The van der Waals surface area contributed by atoms with E-state index in [1.165, 1.54) is 0 Å². The van der Waals surface area contributed by atoms with Crippen LogP contribution in [-0.4, -0.2) is 21.4 Å². The fourth-order valence-corrected chi connectivity index (χ4v) is 3.34. The van der Waals surface area contributed by atoms with Crippen molar-refractivity contribution in [2.75, 3.05) is 6.61 Å². The second kappa shape index (κ2) is 9.06. The zero-order valence-corrected chi connectivity index (χ0v) is 17.2. The number of hydrogen-bond acceptors (Lipinski definition) is 3. The molecule has 2 aromatic rings. The van der Waals surface area contributed by atoms with Crippen LogP contribution in [0.1, 0.15) is 40.0 Å². The van der Waals surface area contributed by atoms with Gasteiger partial charge in [0.15, 0.2) is 0 Å². The molecule has 1 aromatic carbocycles. The van der Waals surface area contributed by atoms with E-state index in [0.717, 1.165) is 25.8 Å². The zero-order valence-electron chi connectivity index (χ0n) is 14.9. The Morgan fingerprint density at radius 3 is 2.64 bits per heavy atom. The number of ether oxygens (including phenoxy) is 1. The second-order valence-electron chi connectivity index (χ2n) is 7.26. The van der Waals surface area contributed by atoms with E-state index in [1.54, 1.807) is 18.5 Å². The van der Waals surface area contributed by atoms with Crippen LogP contribution >= 0.6 is 35.4 Å². The summed E-state index contributed by atoms with van der Waals surface area (Å²) in [5.74, 6) is 1.18. The van der Waals surface area contributed by atoms with Crippen LogP contribution in [0, 0.1) is 16.1 Å². The van der Waals surface area contributed by atoms with Gasteiger partial charge in [-0.1, -0.05) is 44.0 Å². The number of benzene rings is 1. The third kappa shape index (κ3) is 6.32. The van der Waals surface area contributed by atoms with Crippen molar-refractivity contribution < 1.29 is 4.74 Å². The Kier molecular flexibility index (Phi) is 7.35. The topological polar surface area (TPSA) is 42.8 Å². The highest BCUT2D eigenvalue weighted by Gasteiger charge is 2.25. The Morgan fingerprint density at radius 2 is 2.04 bits per heavy atom. The lowest BCUT2D eigenvalue weighted by Gasteiger charge is -2.31. The number of H-pyrrole nitrogens is 1. The molecular formula is C18H25Cl2N3OS. The van der Waals surface area contributed by atoms with Crippen LogP contribution in [0.3, 0.4) is 0 Å². The third-order valence-corrected chi connectivity index (χ3v) is 5.20. The molecule has 4 nitrogen and oxygen atoms in total. The minimum absolute atomic E-state index is 0.195. The fraction of sp³-hybridized carbons (Fsp3) is 0.556. The SMILES string of the molecule is CC(C)(C)C(CCCCOc1ccc(Cl)cc1Cl)Cn1[nH]cnc1=S. The number of unbranched alkanes of at least 4 members (excludes halogenated alkanes) is 1. The number of rotatable bonds is 8. The van der Waals surface area contributed by atoms with Gasteiger partial charge in [-0.05, 0) is 61.0 Å². The van der Waals surface area contributed by atoms with Crippen molar-refractivity contribution in [3.8, 4) is 5.75 Å². The van der Waals surface area contributed by atoms with Crippen molar-refractivity contribution in [3.63, 3.8) is 0 Å². The monoisotopic (exact) mass is 401 g/mol. The molecule has 0 radical (unpaired) electrons. The maximum Gasteiger partial charge on any atom is 0.215 e. The van der Waals surface area contributed by atoms with Crippen molar-refractivity contribution in [1.29, 1.82) is 0 Å². The average Bonchev–Trinajstić information content (AvgIpc) is 2.91. The van der Waals surface area contributed by atoms with E-state index in [0.29, 0.717) is 33.1 Å². The Labute approximate surface area is 164 Å². The lowest BCUT2D eigenvalue weighted by molar-refractivity contribution is 0.182. The summed E-state index contributed by atoms with van der Waals surface area (Å²) < 4.78 is 8.30. The smallest absolute Gasteiger partial charge is 0.215 e. The van der Waals surface area contributed by atoms with E-state index >= 15 is 0 Å². The van der Waals surface area contributed by atoms with Gasteiger partial charge in [-0.25, -0.2) is 4.98 Å². The predicted octanol–water partition coefficient (Wildman–Crippen LogP) is 6.16. The van der Waals surface area contributed by atoms with Crippen molar-refractivity contribution in [2.45, 2.75) is 46.6 Å². The summed E-state index contributed by atoms with van der Waals surface area (Å²) in [7, 11) is 0. The van der Waals surface area contributed by atoms with Crippen LogP contribution < -0.4 is 4.74 Å². The molecule has 25 heavy (non-hydrogen) atoms. The number of nitrogens with zero attached hydrogens (tertiary/aromatic N) is 2. The van der Waals surface area contributed by atoms with Crippen LogP contribution in [-0.2, 0) is 6.54 Å². The first-order chi connectivity index (χ1) is 11.8. The predicted molar refractivity (Wildman–Crippen MR) is 106 cm³/mol. The summed E-state index contributed by atoms with van der Waals surface area (Å²) >= 11 is 17.2. The molecule has 1 aromatic heterocycles. The van der Waals surface area contributed by atoms with Crippen LogP contribution in [0.15, 0.2) is 24.5 Å². The maximum atomic E-state index is 6.12. The molecule has 1 heterocycles. The average molecular weight is 402 g/mol. The van der Waals surface area contributed by atoms with E-state index in [1.807, 2.05) is 10.7 Å². The number of aromatic amines is 1. The van der Waals surface area contributed by atoms with Gasteiger partial charge in [0.05, 0.1) is 11.6 Å². The molecule has 0 aliphatic heterocycles. The van der Waals surface area contributed by atoms with Gasteiger partial charge in [-0.2, -0.15) is 0 Å². The van der Waals surface area contributed by atoms with Gasteiger partial charge < -0.3 is 4.74 Å². The normalized spacial score (nSPS) is 13.0. The lowest BCUT2D eigenvalue weighted by atomic mass is 9.78. The number of aromatic nitrogens is 3. The van der Waals surface area contributed by atoms with Crippen molar-refractivity contribution in [3.05, 3.63) is 39.3 Å². The highest BCUT2D eigenvalue weighted by molar-refractivity contribution is 7.71. The third-order valence-electron chi connectivity index (χ3n) is 4.35. The number of nitrogens with one attached hydrogen (secondary N) is 1. The zero-order chi connectivity index (χ0) is 18.4. The van der Waals surface area contributed by atoms with Gasteiger partial charge in [0.1, 0.15) is 12.1 Å². The van der Waals surface area contributed by atoms with Crippen LogP contribution in [0.25, 0.3) is 0 Å². The first kappa shape index (κ1) is 20.3. The molecular weight excluding hydrogens is 377 g/mol. The number of hydrogen-bond donors (Lipinski definition) is 1. The van der Waals surface area contributed by atoms with Gasteiger partial charge in [0.25, 0.3) is 0 Å². The molecule has 0 fully saturated rings. The Bertz CT molecular complexity index is 736. The molecule has 1 atom stereocenters.